The number of rotatable bonds is 6. The molecule has 4 N–H and O–H groups in total. The van der Waals surface area contributed by atoms with Gasteiger partial charge >= 0.3 is 0 Å². The summed E-state index contributed by atoms with van der Waals surface area (Å²) in [7, 11) is 0. The van der Waals surface area contributed by atoms with Gasteiger partial charge in [0.1, 0.15) is 18.0 Å². The highest BCUT2D eigenvalue weighted by Crippen LogP contribution is 2.45. The van der Waals surface area contributed by atoms with Gasteiger partial charge in [0.25, 0.3) is 5.91 Å². The van der Waals surface area contributed by atoms with E-state index in [9.17, 15) is 4.79 Å². The van der Waals surface area contributed by atoms with Crippen molar-refractivity contribution in [3.63, 3.8) is 0 Å². The van der Waals surface area contributed by atoms with Crippen molar-refractivity contribution in [1.82, 2.24) is 39.7 Å². The monoisotopic (exact) mass is 498 g/mol. The molecule has 0 spiro atoms. The number of anilines is 2. The normalized spacial score (nSPS) is 23.1. The van der Waals surface area contributed by atoms with E-state index in [-0.39, 0.29) is 23.9 Å². The van der Waals surface area contributed by atoms with Crippen LogP contribution in [0.25, 0.3) is 16.8 Å². The Bertz CT molecular complexity index is 1440. The summed E-state index contributed by atoms with van der Waals surface area (Å²) in [5.74, 6) is 2.01. The second-order valence-electron chi connectivity index (χ2n) is 10.5. The second kappa shape index (κ2) is 8.53. The molecule has 3 aliphatic rings. The molecule has 2 aliphatic heterocycles. The number of pyridine rings is 1. The molecule has 1 unspecified atom stereocenters. The Hall–Kier alpha value is -4.02. The smallest absolute Gasteiger partial charge is 0.291 e. The Kier molecular flexibility index (Phi) is 5.12. The molecule has 6 heterocycles. The largest absolute Gasteiger partial charge is 0.383 e. The number of hydrogen-bond donors (Lipinski definition) is 3. The van der Waals surface area contributed by atoms with Crippen LogP contribution in [0.15, 0.2) is 30.9 Å². The van der Waals surface area contributed by atoms with Crippen molar-refractivity contribution in [2.45, 2.75) is 75.9 Å². The lowest BCUT2D eigenvalue weighted by atomic mass is 9.85. The summed E-state index contributed by atoms with van der Waals surface area (Å²) in [5.41, 5.74) is 11.4. The highest BCUT2D eigenvalue weighted by molar-refractivity contribution is 5.91. The fraction of sp³-hybridized carbons (Fsp3) is 0.462. The number of hydrogen-bond acceptors (Lipinski definition) is 8. The zero-order valence-corrected chi connectivity index (χ0v) is 20.8. The Morgan fingerprint density at radius 2 is 1.95 bits per heavy atom. The topological polar surface area (TPSA) is 143 Å². The predicted octanol–water partition coefficient (Wildman–Crippen LogP) is 3.18. The average Bonchev–Trinajstić information content (AvgIpc) is 3.28. The Labute approximate surface area is 213 Å². The summed E-state index contributed by atoms with van der Waals surface area (Å²) >= 11 is 0. The molecule has 1 saturated carbocycles. The number of carbonyl (C=O) groups is 1. The summed E-state index contributed by atoms with van der Waals surface area (Å²) in [6.45, 7) is 2.11. The van der Waals surface area contributed by atoms with Gasteiger partial charge in [-0.25, -0.2) is 15.0 Å². The van der Waals surface area contributed by atoms with Crippen molar-refractivity contribution in [3.8, 4) is 11.1 Å². The number of nitrogens with one attached hydrogen (secondary N) is 2. The molecule has 4 aromatic rings. The van der Waals surface area contributed by atoms with Gasteiger partial charge in [-0.3, -0.25) is 9.89 Å². The van der Waals surface area contributed by atoms with Crippen LogP contribution in [-0.2, 0) is 6.42 Å². The molecule has 3 fully saturated rings. The number of aromatic amines is 1. The molecular formula is C26H30N10O. The third kappa shape index (κ3) is 3.71. The highest BCUT2D eigenvalue weighted by atomic mass is 16.2. The minimum atomic E-state index is -0.0627. The third-order valence-electron chi connectivity index (χ3n) is 8.15. The Morgan fingerprint density at radius 3 is 2.59 bits per heavy atom. The summed E-state index contributed by atoms with van der Waals surface area (Å²) in [6.07, 6.45) is 12.0. The quantitative estimate of drug-likeness (QED) is 0.368. The maximum atomic E-state index is 13.1. The van der Waals surface area contributed by atoms with Crippen LogP contribution in [0.3, 0.4) is 0 Å². The van der Waals surface area contributed by atoms with E-state index in [1.54, 1.807) is 4.52 Å². The molecule has 190 valence electrons. The maximum absolute atomic E-state index is 13.1. The van der Waals surface area contributed by atoms with E-state index in [1.807, 2.05) is 23.4 Å². The molecular weight excluding hydrogens is 468 g/mol. The molecule has 0 aromatic carbocycles. The molecule has 2 bridgehead atoms. The number of H-pyrrole nitrogens is 1. The van der Waals surface area contributed by atoms with E-state index in [4.69, 9.17) is 10.7 Å². The molecule has 37 heavy (non-hydrogen) atoms. The van der Waals surface area contributed by atoms with Gasteiger partial charge in [-0.05, 0) is 57.1 Å². The first kappa shape index (κ1) is 22.2. The lowest BCUT2D eigenvalue weighted by Crippen LogP contribution is -2.46. The predicted molar refractivity (Wildman–Crippen MR) is 138 cm³/mol. The molecule has 4 aromatic heterocycles. The van der Waals surface area contributed by atoms with Crippen molar-refractivity contribution in [3.05, 3.63) is 47.9 Å². The number of piperidine rings is 1. The number of nitrogens with two attached hydrogens (primary N) is 1. The molecule has 2 saturated heterocycles. The maximum Gasteiger partial charge on any atom is 0.291 e. The standard InChI is InChI=1S/C26H30N10O/c1-2-19-22(15-9-17-6-7-18(10-15)35(17)26(37)24-29-13-30-34-24)33-25-20(12-31-36(25)23(19)27)14-3-8-21(28-11-14)32-16-4-5-16/h3,8,11-13,15-18H,2,4-7,9-10,27H2,1H3,(H,28,32)(H,29,30,34)/t15?,17-,18+. The lowest BCUT2D eigenvalue weighted by molar-refractivity contribution is 0.0557. The van der Waals surface area contributed by atoms with Gasteiger partial charge in [-0.1, -0.05) is 6.92 Å². The SMILES string of the molecule is CCc1c(C2C[C@H]3CC[C@@H](C2)N3C(=O)c2ncn[nH]2)nc2c(-c3ccc(NC4CC4)nc3)cnn2c1N. The van der Waals surface area contributed by atoms with Crippen molar-refractivity contribution in [2.24, 2.45) is 0 Å². The molecule has 1 aliphatic carbocycles. The molecule has 1 amide bonds. The van der Waals surface area contributed by atoms with E-state index in [1.165, 1.54) is 19.2 Å². The molecule has 0 radical (unpaired) electrons. The minimum absolute atomic E-state index is 0.0627. The minimum Gasteiger partial charge on any atom is -0.383 e. The third-order valence-corrected chi connectivity index (χ3v) is 8.15. The Morgan fingerprint density at radius 1 is 1.14 bits per heavy atom. The van der Waals surface area contributed by atoms with Gasteiger partial charge in [-0.15, -0.1) is 0 Å². The summed E-state index contributed by atoms with van der Waals surface area (Å²) < 4.78 is 1.76. The van der Waals surface area contributed by atoms with Gasteiger partial charge in [0.15, 0.2) is 5.65 Å². The fourth-order valence-corrected chi connectivity index (χ4v) is 6.21. The van der Waals surface area contributed by atoms with Gasteiger partial charge in [0.05, 0.1) is 11.9 Å². The van der Waals surface area contributed by atoms with Crippen LogP contribution in [0.5, 0.6) is 0 Å². The second-order valence-corrected chi connectivity index (χ2v) is 10.5. The van der Waals surface area contributed by atoms with Crippen LogP contribution in [0, 0.1) is 0 Å². The van der Waals surface area contributed by atoms with Crippen molar-refractivity contribution in [1.29, 1.82) is 0 Å². The number of aromatic nitrogens is 7. The number of carbonyl (C=O) groups excluding carboxylic acids is 1. The van der Waals surface area contributed by atoms with E-state index in [0.29, 0.717) is 17.7 Å². The lowest BCUT2D eigenvalue weighted by Gasteiger charge is -2.38. The zero-order chi connectivity index (χ0) is 25.1. The van der Waals surface area contributed by atoms with Crippen LogP contribution >= 0.6 is 0 Å². The first-order valence-electron chi connectivity index (χ1n) is 13.2. The number of nitrogens with zero attached hydrogens (tertiary/aromatic N) is 7. The molecule has 11 heteroatoms. The van der Waals surface area contributed by atoms with Crippen molar-refractivity contribution < 1.29 is 4.79 Å². The first-order chi connectivity index (χ1) is 18.1. The van der Waals surface area contributed by atoms with Crippen LogP contribution < -0.4 is 11.1 Å². The van der Waals surface area contributed by atoms with Gasteiger partial charge in [0.2, 0.25) is 5.82 Å². The van der Waals surface area contributed by atoms with Crippen LogP contribution in [0.2, 0.25) is 0 Å². The average molecular weight is 499 g/mol. The van der Waals surface area contributed by atoms with Crippen LogP contribution in [0.4, 0.5) is 11.6 Å². The number of nitrogen functional groups attached to an aromatic ring is 1. The number of amides is 1. The van der Waals surface area contributed by atoms with Crippen molar-refractivity contribution in [2.75, 3.05) is 11.1 Å². The highest BCUT2D eigenvalue weighted by Gasteiger charge is 2.45. The summed E-state index contributed by atoms with van der Waals surface area (Å²) in [5, 5.41) is 14.6. The summed E-state index contributed by atoms with van der Waals surface area (Å²) in [6, 6.07) is 4.95. The van der Waals surface area contributed by atoms with Crippen LogP contribution in [0.1, 0.15) is 73.2 Å². The van der Waals surface area contributed by atoms with E-state index in [0.717, 1.165) is 66.0 Å². The van der Waals surface area contributed by atoms with E-state index in [2.05, 4.69) is 43.6 Å². The fourth-order valence-electron chi connectivity index (χ4n) is 6.21. The van der Waals surface area contributed by atoms with Gasteiger partial charge in [-0.2, -0.15) is 14.7 Å². The van der Waals surface area contributed by atoms with Gasteiger partial charge < -0.3 is 16.0 Å². The molecule has 11 nitrogen and oxygen atoms in total. The first-order valence-corrected chi connectivity index (χ1v) is 13.2. The Balaban J connectivity index is 1.22. The van der Waals surface area contributed by atoms with Gasteiger partial charge in [0, 0.05) is 46.9 Å². The number of fused-ring (bicyclic) bond motifs is 3. The van der Waals surface area contributed by atoms with Crippen LogP contribution in [-0.4, -0.2) is 63.7 Å². The zero-order valence-electron chi connectivity index (χ0n) is 20.8. The molecule has 7 rings (SSSR count). The van der Waals surface area contributed by atoms with Crippen molar-refractivity contribution >= 4 is 23.2 Å². The van der Waals surface area contributed by atoms with E-state index < -0.39 is 0 Å². The van der Waals surface area contributed by atoms with E-state index >= 15 is 0 Å². The molecule has 3 atom stereocenters. The summed E-state index contributed by atoms with van der Waals surface area (Å²) in [4.78, 5) is 29.0.